The van der Waals surface area contributed by atoms with E-state index in [9.17, 15) is 19.0 Å². The molecule has 3 aliphatic carbocycles. The lowest BCUT2D eigenvalue weighted by Gasteiger charge is -2.45. The van der Waals surface area contributed by atoms with Crippen LogP contribution in [0, 0.1) is 29.1 Å². The van der Waals surface area contributed by atoms with Crippen molar-refractivity contribution in [3.05, 3.63) is 35.5 Å². The van der Waals surface area contributed by atoms with E-state index in [2.05, 4.69) is 37.5 Å². The number of rotatable bonds is 5. The third kappa shape index (κ3) is 4.76. The van der Waals surface area contributed by atoms with Crippen LogP contribution in [0.2, 0.25) is 0 Å². The van der Waals surface area contributed by atoms with Crippen LogP contribution in [-0.4, -0.2) is 53.4 Å². The number of allylic oxidation sites excluding steroid dienone is 3. The zero-order chi connectivity index (χ0) is 23.0. The molecule has 0 amide bonds. The third-order valence-electron chi connectivity index (χ3n) is 9.24. The predicted molar refractivity (Wildman–Crippen MR) is 124 cm³/mol. The minimum absolute atomic E-state index is 0.281. The van der Waals surface area contributed by atoms with Crippen LogP contribution in [0.1, 0.15) is 65.2 Å². The van der Waals surface area contributed by atoms with E-state index in [0.29, 0.717) is 49.1 Å². The molecular weight excluding hydrogens is 408 g/mol. The molecule has 4 aliphatic rings. The van der Waals surface area contributed by atoms with Crippen molar-refractivity contribution in [2.45, 2.75) is 83.8 Å². The molecule has 5 heteroatoms. The van der Waals surface area contributed by atoms with Crippen molar-refractivity contribution in [3.8, 4) is 0 Å². The highest BCUT2D eigenvalue weighted by Gasteiger charge is 2.51. The van der Waals surface area contributed by atoms with Gasteiger partial charge in [0, 0.05) is 19.0 Å². The highest BCUT2D eigenvalue weighted by Crippen LogP contribution is 2.59. The summed E-state index contributed by atoms with van der Waals surface area (Å²) < 4.78 is 26.2. The molecular formula is C27H41F2NO2. The fraction of sp³-hybridized carbons (Fsp3) is 0.778. The Morgan fingerprint density at radius 2 is 1.88 bits per heavy atom. The molecule has 0 unspecified atom stereocenters. The van der Waals surface area contributed by atoms with Gasteiger partial charge in [-0.1, -0.05) is 43.7 Å². The number of nitrogens with zero attached hydrogens (tertiary/aromatic N) is 1. The summed E-state index contributed by atoms with van der Waals surface area (Å²) in [6, 6.07) is 0. The molecule has 0 aromatic rings. The molecule has 180 valence electrons. The predicted octanol–water partition coefficient (Wildman–Crippen LogP) is 5.35. The molecule has 0 aromatic heterocycles. The Bertz CT molecular complexity index is 747. The van der Waals surface area contributed by atoms with Gasteiger partial charge in [-0.25, -0.2) is 8.78 Å². The molecule has 0 radical (unpaired) electrons. The van der Waals surface area contributed by atoms with E-state index in [4.69, 9.17) is 0 Å². The molecule has 7 atom stereocenters. The van der Waals surface area contributed by atoms with E-state index in [-0.39, 0.29) is 5.41 Å². The molecule has 0 aromatic carbocycles. The summed E-state index contributed by atoms with van der Waals surface area (Å²) in [5.74, 6) is 1.30. The van der Waals surface area contributed by atoms with Gasteiger partial charge in [0.1, 0.15) is 0 Å². The zero-order valence-corrected chi connectivity index (χ0v) is 19.8. The molecule has 1 heterocycles. The van der Waals surface area contributed by atoms with E-state index in [1.165, 1.54) is 31.3 Å². The highest BCUT2D eigenvalue weighted by atomic mass is 19.3. The summed E-state index contributed by atoms with van der Waals surface area (Å²) in [7, 11) is 0. The van der Waals surface area contributed by atoms with E-state index < -0.39 is 24.6 Å². The van der Waals surface area contributed by atoms with Crippen molar-refractivity contribution in [1.29, 1.82) is 0 Å². The maximum absolute atomic E-state index is 13.1. The first-order valence-corrected chi connectivity index (χ1v) is 12.6. The Hall–Kier alpha value is -1.04. The fourth-order valence-corrected chi connectivity index (χ4v) is 7.41. The fourth-order valence-electron chi connectivity index (χ4n) is 7.41. The van der Waals surface area contributed by atoms with Gasteiger partial charge in [-0.2, -0.15) is 0 Å². The van der Waals surface area contributed by atoms with Crippen LogP contribution in [0.3, 0.4) is 0 Å². The van der Waals surface area contributed by atoms with Gasteiger partial charge in [0.25, 0.3) is 0 Å². The van der Waals surface area contributed by atoms with Crippen LogP contribution in [0.25, 0.3) is 0 Å². The molecule has 1 saturated heterocycles. The van der Waals surface area contributed by atoms with Gasteiger partial charge in [-0.3, -0.25) is 0 Å². The molecule has 2 N–H and O–H groups in total. The number of halogens is 2. The van der Waals surface area contributed by atoms with E-state index >= 15 is 0 Å². The minimum Gasteiger partial charge on any atom is -0.388 e. The number of alkyl halides is 2. The third-order valence-corrected chi connectivity index (χ3v) is 9.24. The van der Waals surface area contributed by atoms with Gasteiger partial charge >= 0.3 is 0 Å². The second-order valence-corrected chi connectivity index (χ2v) is 11.3. The largest absolute Gasteiger partial charge is 0.388 e. The van der Waals surface area contributed by atoms with E-state index in [0.717, 1.165) is 25.1 Å². The lowest BCUT2D eigenvalue weighted by atomic mass is 9.61. The summed E-state index contributed by atoms with van der Waals surface area (Å²) in [5, 5.41) is 20.3. The second-order valence-electron chi connectivity index (χ2n) is 11.3. The highest BCUT2D eigenvalue weighted by molar-refractivity contribution is 5.29. The molecule has 1 aliphatic heterocycles. The number of likely N-dealkylation sites (tertiary alicyclic amines) is 1. The number of hydrogen-bond donors (Lipinski definition) is 2. The average Bonchev–Trinajstić information content (AvgIpc) is 3.34. The van der Waals surface area contributed by atoms with Gasteiger partial charge in [0.05, 0.1) is 12.2 Å². The number of hydrogen-bond acceptors (Lipinski definition) is 3. The molecule has 3 nitrogen and oxygen atoms in total. The van der Waals surface area contributed by atoms with Crippen molar-refractivity contribution >= 4 is 0 Å². The Labute approximate surface area is 192 Å². The van der Waals surface area contributed by atoms with Gasteiger partial charge in [-0.05, 0) is 86.7 Å². The molecule has 0 spiro atoms. The Balaban J connectivity index is 1.42. The van der Waals surface area contributed by atoms with Crippen molar-refractivity contribution in [2.75, 3.05) is 19.6 Å². The Kier molecular flexibility index (Phi) is 7.29. The Morgan fingerprint density at radius 3 is 2.53 bits per heavy atom. The SMILES string of the molecule is C=C1[C@H](O)CC(=C/C=C2\CCC[C@]3(C)[C@@H]([C@H](C)CN4CC[C@H](C(F)F)C4)CC[C@@H]23)C[C@H]1O. The normalized spacial score (nSPS) is 40.8. The number of aliphatic hydroxyl groups excluding tert-OH is 2. The molecule has 4 rings (SSSR count). The lowest BCUT2D eigenvalue weighted by molar-refractivity contribution is 0.0672. The smallest absolute Gasteiger partial charge is 0.242 e. The minimum atomic E-state index is -2.19. The van der Waals surface area contributed by atoms with Crippen LogP contribution in [0.15, 0.2) is 35.5 Å². The van der Waals surface area contributed by atoms with Crippen LogP contribution < -0.4 is 0 Å². The topological polar surface area (TPSA) is 43.7 Å². The lowest BCUT2D eigenvalue weighted by Crippen LogP contribution is -2.39. The summed E-state index contributed by atoms with van der Waals surface area (Å²) in [6.45, 7) is 10.9. The van der Waals surface area contributed by atoms with Crippen LogP contribution in [0.4, 0.5) is 8.78 Å². The van der Waals surface area contributed by atoms with E-state index in [1.807, 2.05) is 0 Å². The first kappa shape index (κ1) is 24.1. The van der Waals surface area contributed by atoms with Gasteiger partial charge < -0.3 is 15.1 Å². The molecule has 4 fully saturated rings. The quantitative estimate of drug-likeness (QED) is 0.556. The van der Waals surface area contributed by atoms with Crippen molar-refractivity contribution in [2.24, 2.45) is 29.1 Å². The summed E-state index contributed by atoms with van der Waals surface area (Å²) in [4.78, 5) is 2.27. The summed E-state index contributed by atoms with van der Waals surface area (Å²) in [6.07, 6.45) is 8.72. The molecule has 3 saturated carbocycles. The zero-order valence-electron chi connectivity index (χ0n) is 19.8. The second kappa shape index (κ2) is 9.68. The maximum atomic E-state index is 13.1. The summed E-state index contributed by atoms with van der Waals surface area (Å²) in [5.41, 5.74) is 3.44. The van der Waals surface area contributed by atoms with Crippen LogP contribution >= 0.6 is 0 Å². The van der Waals surface area contributed by atoms with Crippen molar-refractivity contribution in [3.63, 3.8) is 0 Å². The first-order chi connectivity index (χ1) is 15.2. The standard InChI is InChI=1S/C27H41F2NO2/c1-17(15-30-12-10-21(16-30)26(28)29)22-8-9-23-20(5-4-11-27(22,23)3)7-6-19-13-24(31)18(2)25(32)14-19/h6-7,17,21-26,31-32H,2,4-5,8-16H2,1,3H3/b20-7+/t17-,21+,22-,23+,24-,25-,27-/m1/s1. The van der Waals surface area contributed by atoms with Gasteiger partial charge in [0.15, 0.2) is 0 Å². The average molecular weight is 450 g/mol. The molecule has 0 bridgehead atoms. The van der Waals surface area contributed by atoms with Gasteiger partial charge in [-0.15, -0.1) is 0 Å². The number of fused-ring (bicyclic) bond motifs is 1. The van der Waals surface area contributed by atoms with E-state index in [1.54, 1.807) is 0 Å². The number of aliphatic hydroxyl groups is 2. The van der Waals surface area contributed by atoms with Crippen molar-refractivity contribution in [1.82, 2.24) is 4.90 Å². The van der Waals surface area contributed by atoms with Gasteiger partial charge in [0.2, 0.25) is 6.43 Å². The monoisotopic (exact) mass is 449 g/mol. The maximum Gasteiger partial charge on any atom is 0.242 e. The van der Waals surface area contributed by atoms with Crippen LogP contribution in [0.5, 0.6) is 0 Å². The van der Waals surface area contributed by atoms with Crippen LogP contribution in [-0.2, 0) is 0 Å². The van der Waals surface area contributed by atoms with Crippen molar-refractivity contribution < 1.29 is 19.0 Å². The summed E-state index contributed by atoms with van der Waals surface area (Å²) >= 11 is 0. The Morgan fingerprint density at radius 1 is 1.16 bits per heavy atom. The molecule has 32 heavy (non-hydrogen) atoms. The first-order valence-electron chi connectivity index (χ1n) is 12.6.